The van der Waals surface area contributed by atoms with E-state index < -0.39 is 6.16 Å². The molecule has 7 heteroatoms. The number of hydrogen-bond donors (Lipinski definition) is 4. The molecule has 4 N–H and O–H groups in total. The third-order valence-corrected chi connectivity index (χ3v) is 9.09. The van der Waals surface area contributed by atoms with Crippen LogP contribution in [0.15, 0.2) is 97.1 Å². The summed E-state index contributed by atoms with van der Waals surface area (Å²) in [6.45, 7) is 0. The van der Waals surface area contributed by atoms with Gasteiger partial charge in [0.1, 0.15) is 23.0 Å². The molecule has 0 radical (unpaired) electrons. The lowest BCUT2D eigenvalue weighted by molar-refractivity contribution is -0.415. The predicted octanol–water partition coefficient (Wildman–Crippen LogP) is 6.25. The number of phenols is 4. The quantitative estimate of drug-likeness (QED) is 0.218. The number of aromatic hydroxyl groups is 4. The zero-order valence-electron chi connectivity index (χ0n) is 24.8. The van der Waals surface area contributed by atoms with E-state index in [1.807, 2.05) is 48.5 Å². The lowest BCUT2D eigenvalue weighted by Gasteiger charge is -2.38. The Morgan fingerprint density at radius 1 is 0.409 bits per heavy atom. The normalized spacial score (nSPS) is 16.7. The van der Waals surface area contributed by atoms with Crippen molar-refractivity contribution in [3.8, 4) is 23.0 Å². The molecule has 0 saturated heterocycles. The Hall–Kier alpha value is -4.65. The van der Waals surface area contributed by atoms with Gasteiger partial charge in [-0.1, -0.05) is 87.1 Å². The molecule has 0 atom stereocenters. The first kappa shape index (κ1) is 32.3. The van der Waals surface area contributed by atoms with Crippen molar-refractivity contribution in [1.82, 2.24) is 0 Å². The molecule has 44 heavy (non-hydrogen) atoms. The van der Waals surface area contributed by atoms with Crippen LogP contribution >= 0.6 is 0 Å². The first-order chi connectivity index (χ1) is 21.1. The highest BCUT2D eigenvalue weighted by Gasteiger charge is 2.36. The van der Waals surface area contributed by atoms with Gasteiger partial charge in [-0.05, 0) is 103 Å². The Bertz CT molecular complexity index is 1240. The minimum atomic E-state index is -2.33. The van der Waals surface area contributed by atoms with Crippen molar-refractivity contribution in [3.05, 3.63) is 119 Å². The number of carboxylic acid groups (broad SMARTS) is 2. The number of benzene rings is 4. The molecular weight excluding hydrogens is 556 g/mol. The predicted molar refractivity (Wildman–Crippen MR) is 166 cm³/mol. The lowest BCUT2D eigenvalue weighted by Crippen LogP contribution is -2.37. The van der Waals surface area contributed by atoms with Gasteiger partial charge in [-0.2, -0.15) is 0 Å². The number of hydrogen-bond acceptors (Lipinski definition) is 7. The van der Waals surface area contributed by atoms with Crippen LogP contribution in [0.2, 0.25) is 0 Å². The number of rotatable bonds is 4. The smallest absolute Gasteiger partial charge is 0.115 e. The fraction of sp³-hybridized carbons (Fsp3) is 0.324. The Morgan fingerprint density at radius 2 is 0.591 bits per heavy atom. The molecule has 2 saturated carbocycles. The fourth-order valence-electron chi connectivity index (χ4n) is 6.92. The van der Waals surface area contributed by atoms with Crippen LogP contribution < -0.4 is 10.2 Å². The summed E-state index contributed by atoms with van der Waals surface area (Å²) in [7, 11) is 0. The van der Waals surface area contributed by atoms with Gasteiger partial charge in [0.15, 0.2) is 0 Å². The molecular formula is C37H40O7-2. The lowest BCUT2D eigenvalue weighted by atomic mass is 9.65. The molecule has 232 valence electrons. The van der Waals surface area contributed by atoms with E-state index in [2.05, 4.69) is 0 Å². The van der Waals surface area contributed by atoms with Gasteiger partial charge < -0.3 is 35.4 Å². The molecule has 0 aromatic heterocycles. The summed E-state index contributed by atoms with van der Waals surface area (Å²) in [5, 5.41) is 54.7. The Balaban J connectivity index is 0.000000179. The second-order valence-corrected chi connectivity index (χ2v) is 11.7. The Labute approximate surface area is 258 Å². The van der Waals surface area contributed by atoms with Gasteiger partial charge in [0, 0.05) is 10.8 Å². The molecule has 2 aliphatic rings. The molecule has 7 nitrogen and oxygen atoms in total. The number of carbonyl (C=O) groups excluding carboxylic acids is 1. The maximum atomic E-state index is 9.51. The molecule has 0 aliphatic heterocycles. The maximum absolute atomic E-state index is 9.51. The highest BCUT2D eigenvalue weighted by atomic mass is 16.6. The monoisotopic (exact) mass is 596 g/mol. The van der Waals surface area contributed by atoms with E-state index in [4.69, 9.17) is 15.0 Å². The van der Waals surface area contributed by atoms with Crippen LogP contribution in [0.25, 0.3) is 0 Å². The van der Waals surface area contributed by atoms with E-state index in [-0.39, 0.29) is 10.8 Å². The second-order valence-electron chi connectivity index (χ2n) is 11.7. The van der Waals surface area contributed by atoms with Gasteiger partial charge >= 0.3 is 0 Å². The Morgan fingerprint density at radius 3 is 0.773 bits per heavy atom. The third-order valence-electron chi connectivity index (χ3n) is 9.09. The molecule has 0 bridgehead atoms. The summed E-state index contributed by atoms with van der Waals surface area (Å²) in [5.74, 6) is 1.24. The Kier molecular flexibility index (Phi) is 10.8. The van der Waals surface area contributed by atoms with Gasteiger partial charge in [0.05, 0.1) is 0 Å². The minimum Gasteiger partial charge on any atom is -0.652 e. The van der Waals surface area contributed by atoms with Crippen LogP contribution in [0, 0.1) is 0 Å². The molecule has 0 spiro atoms. The average Bonchev–Trinajstić information content (AvgIpc) is 3.03. The molecule has 2 fully saturated rings. The SMILES string of the molecule is O=C([O-])[O-].Oc1ccc(C2(c3ccc(O)cc3)CCCCC2)cc1.Oc1ccc(C2(c3ccc(O)cc3)CCCCC2)cc1. The second kappa shape index (κ2) is 14.7. The summed E-state index contributed by atoms with van der Waals surface area (Å²) in [6.07, 6.45) is 9.65. The molecule has 6 rings (SSSR count). The van der Waals surface area contributed by atoms with Crippen molar-refractivity contribution in [2.75, 3.05) is 0 Å². The van der Waals surface area contributed by atoms with Crippen LogP contribution in [0.3, 0.4) is 0 Å². The minimum absolute atomic E-state index is 0.0274. The summed E-state index contributed by atoms with van der Waals surface area (Å²) in [4.78, 5) is 8.33. The van der Waals surface area contributed by atoms with Crippen molar-refractivity contribution in [2.24, 2.45) is 0 Å². The third kappa shape index (κ3) is 7.84. The van der Waals surface area contributed by atoms with Crippen LogP contribution in [0.4, 0.5) is 4.79 Å². The van der Waals surface area contributed by atoms with Crippen molar-refractivity contribution >= 4 is 6.16 Å². The highest BCUT2D eigenvalue weighted by Crippen LogP contribution is 2.46. The first-order valence-electron chi connectivity index (χ1n) is 15.2. The van der Waals surface area contributed by atoms with Crippen LogP contribution in [-0.2, 0) is 10.8 Å². The van der Waals surface area contributed by atoms with E-state index >= 15 is 0 Å². The van der Waals surface area contributed by atoms with Crippen molar-refractivity contribution in [3.63, 3.8) is 0 Å². The first-order valence-corrected chi connectivity index (χ1v) is 15.2. The van der Waals surface area contributed by atoms with Crippen LogP contribution in [-0.4, -0.2) is 26.6 Å². The standard InChI is InChI=1S/2C18H20O2.CH2O3/c2*19-16-8-4-14(5-9-16)18(12-2-1-3-13-18)15-6-10-17(20)11-7-15;2-1(3)4/h2*4-11,19-20H,1-3,12-13H2;(H2,2,3,4)/p-2. The molecule has 0 amide bonds. The maximum Gasteiger partial charge on any atom is 0.115 e. The fourth-order valence-corrected chi connectivity index (χ4v) is 6.92. The molecule has 0 heterocycles. The van der Waals surface area contributed by atoms with Gasteiger partial charge in [0.2, 0.25) is 0 Å². The summed E-state index contributed by atoms with van der Waals surface area (Å²) < 4.78 is 0. The largest absolute Gasteiger partial charge is 0.652 e. The van der Waals surface area contributed by atoms with Crippen molar-refractivity contribution < 1.29 is 35.4 Å². The summed E-state index contributed by atoms with van der Waals surface area (Å²) in [6, 6.07) is 30.4. The van der Waals surface area contributed by atoms with E-state index in [9.17, 15) is 20.4 Å². The molecule has 4 aromatic carbocycles. The molecule has 4 aromatic rings. The van der Waals surface area contributed by atoms with Crippen LogP contribution in [0.5, 0.6) is 23.0 Å². The van der Waals surface area contributed by atoms with E-state index in [1.54, 1.807) is 48.5 Å². The van der Waals surface area contributed by atoms with Crippen molar-refractivity contribution in [1.29, 1.82) is 0 Å². The highest BCUT2D eigenvalue weighted by molar-refractivity contribution is 5.47. The topological polar surface area (TPSA) is 144 Å². The van der Waals surface area contributed by atoms with Crippen LogP contribution in [0.1, 0.15) is 86.5 Å². The summed E-state index contributed by atoms with van der Waals surface area (Å²) >= 11 is 0. The zero-order valence-corrected chi connectivity index (χ0v) is 24.8. The van der Waals surface area contributed by atoms with Gasteiger partial charge in [-0.3, -0.25) is 0 Å². The average molecular weight is 597 g/mol. The van der Waals surface area contributed by atoms with E-state index in [0.717, 1.165) is 25.7 Å². The number of phenolic OH excluding ortho intramolecular Hbond substituents is 4. The summed E-state index contributed by atoms with van der Waals surface area (Å²) in [5.41, 5.74) is 5.11. The number of carbonyl (C=O) groups is 1. The van der Waals surface area contributed by atoms with Gasteiger partial charge in [0.25, 0.3) is 0 Å². The van der Waals surface area contributed by atoms with Gasteiger partial charge in [-0.15, -0.1) is 0 Å². The van der Waals surface area contributed by atoms with Crippen molar-refractivity contribution in [2.45, 2.75) is 75.0 Å². The van der Waals surface area contributed by atoms with Gasteiger partial charge in [-0.25, -0.2) is 0 Å². The van der Waals surface area contributed by atoms with E-state index in [1.165, 1.54) is 60.8 Å². The molecule has 0 unspecified atom stereocenters. The van der Waals surface area contributed by atoms with E-state index in [0.29, 0.717) is 23.0 Å². The molecule has 2 aliphatic carbocycles. The zero-order chi connectivity index (χ0) is 31.6.